The molecule has 2 rings (SSSR count). The minimum atomic E-state index is -1.27. The lowest BCUT2D eigenvalue weighted by Gasteiger charge is -2.33. The van der Waals surface area contributed by atoms with Gasteiger partial charge in [0.05, 0.1) is 6.20 Å². The van der Waals surface area contributed by atoms with Gasteiger partial charge in [0.15, 0.2) is 0 Å². The van der Waals surface area contributed by atoms with Crippen LogP contribution >= 0.6 is 0 Å². The Balaban J connectivity index is 2.24. The number of barbiturate groups is 1. The van der Waals surface area contributed by atoms with Gasteiger partial charge in [0.25, 0.3) is 0 Å². The third-order valence-corrected chi connectivity index (χ3v) is 2.78. The number of nitrogens with zero attached hydrogens (tertiary/aromatic N) is 2. The van der Waals surface area contributed by atoms with Crippen molar-refractivity contribution >= 4 is 17.8 Å². The van der Waals surface area contributed by atoms with Gasteiger partial charge in [-0.3, -0.25) is 19.8 Å². The van der Waals surface area contributed by atoms with Crippen LogP contribution in [0.15, 0.2) is 10.6 Å². The Morgan fingerprint density at radius 2 is 2.06 bits per heavy atom. The summed E-state index contributed by atoms with van der Waals surface area (Å²) >= 11 is 0. The Bertz CT molecular complexity index is 532. The standard InChI is InChI=1S/C11H13N3O4/c1-6-4-12-7(18-6)5-14-9(16)11(2,3)8(15)13-10(14)17/h4H,5H2,1-3H3,(H,13,15,17). The summed E-state index contributed by atoms with van der Waals surface area (Å²) in [5.74, 6) is -0.323. The lowest BCUT2D eigenvalue weighted by atomic mass is 9.89. The summed E-state index contributed by atoms with van der Waals surface area (Å²) < 4.78 is 5.21. The minimum absolute atomic E-state index is 0.0881. The predicted molar refractivity (Wildman–Crippen MR) is 59.1 cm³/mol. The summed E-state index contributed by atoms with van der Waals surface area (Å²) in [7, 11) is 0. The van der Waals surface area contributed by atoms with Crippen LogP contribution in [-0.4, -0.2) is 27.7 Å². The fourth-order valence-corrected chi connectivity index (χ4v) is 1.60. The van der Waals surface area contributed by atoms with Gasteiger partial charge in [-0.25, -0.2) is 9.78 Å². The second-order valence-corrected chi connectivity index (χ2v) is 4.64. The average molecular weight is 251 g/mol. The molecule has 0 radical (unpaired) electrons. The van der Waals surface area contributed by atoms with Crippen LogP contribution in [0.25, 0.3) is 0 Å². The summed E-state index contributed by atoms with van der Waals surface area (Å²) in [4.78, 5) is 40.0. The molecule has 0 aliphatic carbocycles. The van der Waals surface area contributed by atoms with E-state index in [1.165, 1.54) is 20.0 Å². The van der Waals surface area contributed by atoms with E-state index in [1.807, 2.05) is 0 Å². The van der Waals surface area contributed by atoms with Gasteiger partial charge in [-0.1, -0.05) is 0 Å². The third-order valence-electron chi connectivity index (χ3n) is 2.78. The van der Waals surface area contributed by atoms with E-state index in [-0.39, 0.29) is 12.4 Å². The molecule has 7 heteroatoms. The summed E-state index contributed by atoms with van der Waals surface area (Å²) in [5, 5.41) is 2.13. The number of carbonyl (C=O) groups excluding carboxylic acids is 3. The normalized spacial score (nSPS) is 19.1. The summed E-state index contributed by atoms with van der Waals surface area (Å²) in [6.45, 7) is 4.55. The third kappa shape index (κ3) is 1.87. The van der Waals surface area contributed by atoms with Gasteiger partial charge >= 0.3 is 6.03 Å². The number of carbonyl (C=O) groups is 3. The van der Waals surface area contributed by atoms with Crippen molar-refractivity contribution in [3.05, 3.63) is 17.8 Å². The molecule has 0 aromatic carbocycles. The molecule has 1 aromatic rings. The molecule has 0 saturated carbocycles. The molecule has 1 aliphatic heterocycles. The molecule has 1 aromatic heterocycles. The molecule has 0 unspecified atom stereocenters. The highest BCUT2D eigenvalue weighted by Crippen LogP contribution is 2.24. The number of oxazole rings is 1. The first kappa shape index (κ1) is 12.3. The number of aryl methyl sites for hydroxylation is 1. The molecule has 1 saturated heterocycles. The van der Waals surface area contributed by atoms with Crippen molar-refractivity contribution in [3.63, 3.8) is 0 Å². The van der Waals surface area contributed by atoms with Crippen molar-refractivity contribution in [2.45, 2.75) is 27.3 Å². The SMILES string of the molecule is Cc1cnc(CN2C(=O)NC(=O)C(C)(C)C2=O)o1. The second-order valence-electron chi connectivity index (χ2n) is 4.64. The average Bonchev–Trinajstić information content (AvgIpc) is 2.68. The van der Waals surface area contributed by atoms with Crippen molar-refractivity contribution in [1.82, 2.24) is 15.2 Å². The quantitative estimate of drug-likeness (QED) is 0.776. The van der Waals surface area contributed by atoms with E-state index >= 15 is 0 Å². The Hall–Kier alpha value is -2.18. The molecule has 7 nitrogen and oxygen atoms in total. The van der Waals surface area contributed by atoms with Crippen molar-refractivity contribution in [1.29, 1.82) is 0 Å². The first-order valence-corrected chi connectivity index (χ1v) is 5.41. The first-order chi connectivity index (χ1) is 8.32. The van der Waals surface area contributed by atoms with Crippen LogP contribution in [0.3, 0.4) is 0 Å². The Morgan fingerprint density at radius 3 is 2.61 bits per heavy atom. The van der Waals surface area contributed by atoms with Gasteiger partial charge in [0.1, 0.15) is 17.7 Å². The van der Waals surface area contributed by atoms with Crippen molar-refractivity contribution in [2.75, 3.05) is 0 Å². The number of amides is 4. The Kier molecular flexibility index (Phi) is 2.68. The first-order valence-electron chi connectivity index (χ1n) is 5.41. The molecule has 0 atom stereocenters. The molecule has 1 N–H and O–H groups in total. The fourth-order valence-electron chi connectivity index (χ4n) is 1.60. The lowest BCUT2D eigenvalue weighted by molar-refractivity contribution is -0.149. The molecule has 96 valence electrons. The Morgan fingerprint density at radius 1 is 1.39 bits per heavy atom. The van der Waals surface area contributed by atoms with E-state index in [0.717, 1.165) is 4.90 Å². The maximum absolute atomic E-state index is 12.1. The smallest absolute Gasteiger partial charge is 0.331 e. The zero-order valence-corrected chi connectivity index (χ0v) is 10.3. The van der Waals surface area contributed by atoms with E-state index in [9.17, 15) is 14.4 Å². The summed E-state index contributed by atoms with van der Waals surface area (Å²) in [6, 6.07) is -0.750. The number of hydrogen-bond donors (Lipinski definition) is 1. The van der Waals surface area contributed by atoms with Crippen LogP contribution in [0.4, 0.5) is 4.79 Å². The zero-order valence-electron chi connectivity index (χ0n) is 10.3. The molecule has 0 bridgehead atoms. The number of nitrogens with one attached hydrogen (secondary N) is 1. The van der Waals surface area contributed by atoms with Crippen LogP contribution < -0.4 is 5.32 Å². The van der Waals surface area contributed by atoms with E-state index in [4.69, 9.17) is 4.42 Å². The van der Waals surface area contributed by atoms with Gasteiger partial charge < -0.3 is 4.42 Å². The molecule has 18 heavy (non-hydrogen) atoms. The van der Waals surface area contributed by atoms with Gasteiger partial charge in [-0.15, -0.1) is 0 Å². The maximum atomic E-state index is 12.1. The fraction of sp³-hybridized carbons (Fsp3) is 0.455. The molecular weight excluding hydrogens is 238 g/mol. The number of aromatic nitrogens is 1. The van der Waals surface area contributed by atoms with Crippen molar-refractivity contribution in [2.24, 2.45) is 5.41 Å². The van der Waals surface area contributed by atoms with Gasteiger partial charge in [0.2, 0.25) is 17.7 Å². The van der Waals surface area contributed by atoms with Crippen molar-refractivity contribution < 1.29 is 18.8 Å². The van der Waals surface area contributed by atoms with E-state index in [1.54, 1.807) is 6.92 Å². The van der Waals surface area contributed by atoms with Gasteiger partial charge in [-0.05, 0) is 20.8 Å². The second kappa shape index (κ2) is 3.94. The summed E-state index contributed by atoms with van der Waals surface area (Å²) in [6.07, 6.45) is 1.50. The van der Waals surface area contributed by atoms with Gasteiger partial charge in [0, 0.05) is 0 Å². The highest BCUT2D eigenvalue weighted by atomic mass is 16.4. The molecule has 4 amide bonds. The van der Waals surface area contributed by atoms with Crippen LogP contribution in [0.2, 0.25) is 0 Å². The van der Waals surface area contributed by atoms with Crippen LogP contribution in [0.5, 0.6) is 0 Å². The number of hydrogen-bond acceptors (Lipinski definition) is 5. The minimum Gasteiger partial charge on any atom is -0.444 e. The molecule has 2 heterocycles. The van der Waals surface area contributed by atoms with Gasteiger partial charge in [-0.2, -0.15) is 0 Å². The van der Waals surface area contributed by atoms with Crippen molar-refractivity contribution in [3.8, 4) is 0 Å². The van der Waals surface area contributed by atoms with E-state index in [2.05, 4.69) is 10.3 Å². The highest BCUT2D eigenvalue weighted by molar-refractivity contribution is 6.18. The largest absolute Gasteiger partial charge is 0.444 e. The lowest BCUT2D eigenvalue weighted by Crippen LogP contribution is -2.61. The number of urea groups is 1. The molecular formula is C11H13N3O4. The number of imide groups is 2. The predicted octanol–water partition coefficient (Wildman–Crippen LogP) is 0.588. The van der Waals surface area contributed by atoms with Crippen LogP contribution in [0.1, 0.15) is 25.5 Å². The molecule has 0 spiro atoms. The Labute approximate surface area is 103 Å². The summed E-state index contributed by atoms with van der Waals surface area (Å²) in [5.41, 5.74) is -1.27. The molecule has 1 fully saturated rings. The van der Waals surface area contributed by atoms with E-state index in [0.29, 0.717) is 5.76 Å². The maximum Gasteiger partial charge on any atom is 0.331 e. The van der Waals surface area contributed by atoms with Crippen LogP contribution in [-0.2, 0) is 16.1 Å². The van der Waals surface area contributed by atoms with E-state index < -0.39 is 23.3 Å². The number of rotatable bonds is 2. The van der Waals surface area contributed by atoms with Crippen LogP contribution in [0, 0.1) is 12.3 Å². The highest BCUT2D eigenvalue weighted by Gasteiger charge is 2.47. The zero-order chi connectivity index (χ0) is 13.5. The molecule has 1 aliphatic rings. The topological polar surface area (TPSA) is 92.5 Å². The monoisotopic (exact) mass is 251 g/mol.